The lowest BCUT2D eigenvalue weighted by atomic mass is 10.1. The van der Waals surface area contributed by atoms with Crippen molar-refractivity contribution in [1.82, 2.24) is 10.9 Å². The summed E-state index contributed by atoms with van der Waals surface area (Å²) >= 11 is 3.38. The molecule has 2 amide bonds. The molecule has 0 saturated heterocycles. The predicted molar refractivity (Wildman–Crippen MR) is 111 cm³/mol. The highest BCUT2D eigenvalue weighted by atomic mass is 79.9. The Bertz CT molecular complexity index is 824. The van der Waals surface area contributed by atoms with E-state index in [4.69, 9.17) is 9.47 Å². The van der Waals surface area contributed by atoms with Crippen molar-refractivity contribution in [3.63, 3.8) is 0 Å². The average molecular weight is 449 g/mol. The SMILES string of the molecule is Cc1ccc(OCC(=O)NNC(=O)c2cccc(OCCC(C)C)c2)c(Br)c1. The molecule has 0 radical (unpaired) electrons. The minimum atomic E-state index is -0.467. The monoisotopic (exact) mass is 448 g/mol. The molecule has 0 unspecified atom stereocenters. The summed E-state index contributed by atoms with van der Waals surface area (Å²) in [4.78, 5) is 24.1. The van der Waals surface area contributed by atoms with Crippen molar-refractivity contribution in [1.29, 1.82) is 0 Å². The van der Waals surface area contributed by atoms with Crippen molar-refractivity contribution in [2.24, 2.45) is 5.92 Å². The molecule has 0 fully saturated rings. The van der Waals surface area contributed by atoms with Gasteiger partial charge in [-0.3, -0.25) is 20.4 Å². The van der Waals surface area contributed by atoms with E-state index in [1.807, 2.05) is 19.1 Å². The van der Waals surface area contributed by atoms with Crippen molar-refractivity contribution >= 4 is 27.7 Å². The minimum absolute atomic E-state index is 0.222. The maximum Gasteiger partial charge on any atom is 0.276 e. The number of amides is 2. The van der Waals surface area contributed by atoms with Gasteiger partial charge in [0.2, 0.25) is 0 Å². The average Bonchev–Trinajstić information content (AvgIpc) is 2.65. The summed E-state index contributed by atoms with van der Waals surface area (Å²) in [6.07, 6.45) is 0.934. The standard InChI is InChI=1S/C21H25BrN2O4/c1-14(2)9-10-27-17-6-4-5-16(12-17)21(26)24-23-20(25)13-28-19-8-7-15(3)11-18(19)22/h4-8,11-12,14H,9-10,13H2,1-3H3,(H,23,25)(H,24,26). The fourth-order valence-corrected chi connectivity index (χ4v) is 2.85. The lowest BCUT2D eigenvalue weighted by molar-refractivity contribution is -0.123. The number of rotatable bonds is 8. The van der Waals surface area contributed by atoms with E-state index in [1.54, 1.807) is 30.3 Å². The number of hydrogen-bond acceptors (Lipinski definition) is 4. The van der Waals surface area contributed by atoms with Gasteiger partial charge in [-0.05, 0) is 71.1 Å². The molecule has 0 spiro atoms. The summed E-state index contributed by atoms with van der Waals surface area (Å²) in [5.41, 5.74) is 6.18. The molecule has 0 aliphatic carbocycles. The van der Waals surface area contributed by atoms with E-state index in [0.29, 0.717) is 29.6 Å². The van der Waals surface area contributed by atoms with E-state index in [0.717, 1.165) is 16.5 Å². The number of halogens is 1. The largest absolute Gasteiger partial charge is 0.494 e. The van der Waals surface area contributed by atoms with Crippen LogP contribution in [0.15, 0.2) is 46.9 Å². The lowest BCUT2D eigenvalue weighted by Crippen LogP contribution is -2.43. The zero-order valence-corrected chi connectivity index (χ0v) is 17.8. The third-order valence-electron chi connectivity index (χ3n) is 3.82. The fourth-order valence-electron chi connectivity index (χ4n) is 2.24. The molecule has 0 atom stereocenters. The van der Waals surface area contributed by atoms with Crippen molar-refractivity contribution in [3.05, 3.63) is 58.1 Å². The van der Waals surface area contributed by atoms with Crippen LogP contribution in [-0.4, -0.2) is 25.0 Å². The van der Waals surface area contributed by atoms with Gasteiger partial charge in [-0.2, -0.15) is 0 Å². The summed E-state index contributed by atoms with van der Waals surface area (Å²) in [6.45, 7) is 6.57. The van der Waals surface area contributed by atoms with Gasteiger partial charge >= 0.3 is 0 Å². The Morgan fingerprint density at radius 1 is 1.07 bits per heavy atom. The van der Waals surface area contributed by atoms with Crippen LogP contribution in [0.5, 0.6) is 11.5 Å². The van der Waals surface area contributed by atoms with Crippen LogP contribution in [-0.2, 0) is 4.79 Å². The normalized spacial score (nSPS) is 10.5. The Morgan fingerprint density at radius 3 is 2.57 bits per heavy atom. The zero-order chi connectivity index (χ0) is 20.5. The third-order valence-corrected chi connectivity index (χ3v) is 4.44. The molecule has 7 heteroatoms. The van der Waals surface area contributed by atoms with Crippen LogP contribution in [0.2, 0.25) is 0 Å². The maximum absolute atomic E-state index is 12.2. The smallest absolute Gasteiger partial charge is 0.276 e. The predicted octanol–water partition coefficient (Wildman–Crippen LogP) is 4.02. The zero-order valence-electron chi connectivity index (χ0n) is 16.3. The molecule has 150 valence electrons. The number of benzene rings is 2. The second kappa shape index (κ2) is 10.7. The second-order valence-electron chi connectivity index (χ2n) is 6.78. The van der Waals surface area contributed by atoms with E-state index in [1.165, 1.54) is 0 Å². The van der Waals surface area contributed by atoms with E-state index in [2.05, 4.69) is 40.6 Å². The van der Waals surface area contributed by atoms with E-state index >= 15 is 0 Å². The molecular weight excluding hydrogens is 424 g/mol. The molecule has 0 saturated carbocycles. The van der Waals surface area contributed by atoms with Crippen LogP contribution in [0, 0.1) is 12.8 Å². The molecule has 0 aliphatic rings. The molecular formula is C21H25BrN2O4. The Morgan fingerprint density at radius 2 is 1.86 bits per heavy atom. The third kappa shape index (κ3) is 7.23. The van der Waals surface area contributed by atoms with Crippen molar-refractivity contribution in [2.75, 3.05) is 13.2 Å². The highest BCUT2D eigenvalue weighted by Gasteiger charge is 2.10. The summed E-state index contributed by atoms with van der Waals surface area (Å²) in [5.74, 6) is 0.819. The first-order valence-corrected chi connectivity index (χ1v) is 9.85. The van der Waals surface area contributed by atoms with Crippen LogP contribution in [0.1, 0.15) is 36.2 Å². The first-order valence-electron chi connectivity index (χ1n) is 9.06. The first-order chi connectivity index (χ1) is 13.3. The molecule has 28 heavy (non-hydrogen) atoms. The van der Waals surface area contributed by atoms with Gasteiger partial charge in [0.05, 0.1) is 11.1 Å². The van der Waals surface area contributed by atoms with E-state index < -0.39 is 11.8 Å². The van der Waals surface area contributed by atoms with Crippen molar-refractivity contribution in [2.45, 2.75) is 27.2 Å². The number of ether oxygens (including phenoxy) is 2. The Balaban J connectivity index is 1.80. The number of nitrogens with one attached hydrogen (secondary N) is 2. The fraction of sp³-hybridized carbons (Fsp3) is 0.333. The molecule has 2 aromatic rings. The van der Waals surface area contributed by atoms with Gasteiger partial charge in [0.25, 0.3) is 11.8 Å². The number of aryl methyl sites for hydroxylation is 1. The van der Waals surface area contributed by atoms with Gasteiger partial charge < -0.3 is 9.47 Å². The Hall–Kier alpha value is -2.54. The minimum Gasteiger partial charge on any atom is -0.494 e. The molecule has 2 N–H and O–H groups in total. The molecule has 2 aromatic carbocycles. The summed E-state index contributed by atoms with van der Waals surface area (Å²) < 4.78 is 11.9. The number of carbonyl (C=O) groups is 2. The first kappa shape index (κ1) is 21.8. The Labute approximate surface area is 173 Å². The number of hydrazine groups is 1. The van der Waals surface area contributed by atoms with Gasteiger partial charge in [0.1, 0.15) is 11.5 Å². The topological polar surface area (TPSA) is 76.7 Å². The highest BCUT2D eigenvalue weighted by Crippen LogP contribution is 2.25. The molecule has 0 bridgehead atoms. The van der Waals surface area contributed by atoms with Crippen molar-refractivity contribution in [3.8, 4) is 11.5 Å². The van der Waals surface area contributed by atoms with Gasteiger partial charge in [0.15, 0.2) is 6.61 Å². The van der Waals surface area contributed by atoms with Gasteiger partial charge in [-0.25, -0.2) is 0 Å². The number of carbonyl (C=O) groups excluding carboxylic acids is 2. The van der Waals surface area contributed by atoms with Gasteiger partial charge in [-0.1, -0.05) is 26.0 Å². The van der Waals surface area contributed by atoms with Crippen LogP contribution < -0.4 is 20.3 Å². The lowest BCUT2D eigenvalue weighted by Gasteiger charge is -2.11. The second-order valence-corrected chi connectivity index (χ2v) is 7.64. The quantitative estimate of drug-likeness (QED) is 0.597. The van der Waals surface area contributed by atoms with E-state index in [9.17, 15) is 9.59 Å². The molecule has 0 heterocycles. The van der Waals surface area contributed by atoms with Crippen LogP contribution in [0.25, 0.3) is 0 Å². The molecule has 6 nitrogen and oxygen atoms in total. The van der Waals surface area contributed by atoms with E-state index in [-0.39, 0.29) is 6.61 Å². The summed E-state index contributed by atoms with van der Waals surface area (Å²) in [7, 11) is 0. The van der Waals surface area contributed by atoms with Gasteiger partial charge in [0, 0.05) is 5.56 Å². The van der Waals surface area contributed by atoms with Crippen LogP contribution in [0.4, 0.5) is 0 Å². The molecule has 0 aromatic heterocycles. The number of hydrogen-bond donors (Lipinski definition) is 2. The Kier molecular flexibility index (Phi) is 8.32. The van der Waals surface area contributed by atoms with Crippen LogP contribution in [0.3, 0.4) is 0 Å². The van der Waals surface area contributed by atoms with Crippen molar-refractivity contribution < 1.29 is 19.1 Å². The molecule has 0 aliphatic heterocycles. The molecule has 2 rings (SSSR count). The highest BCUT2D eigenvalue weighted by molar-refractivity contribution is 9.10. The van der Waals surface area contributed by atoms with Gasteiger partial charge in [-0.15, -0.1) is 0 Å². The summed E-state index contributed by atoms with van der Waals surface area (Å²) in [6, 6.07) is 12.4. The maximum atomic E-state index is 12.2. The summed E-state index contributed by atoms with van der Waals surface area (Å²) in [5, 5.41) is 0. The van der Waals surface area contributed by atoms with Crippen LogP contribution >= 0.6 is 15.9 Å².